The molecule has 3 heterocycles. The van der Waals surface area contributed by atoms with E-state index < -0.39 is 0 Å². The monoisotopic (exact) mass is 490 g/mol. The van der Waals surface area contributed by atoms with Gasteiger partial charge in [0.2, 0.25) is 11.9 Å². The lowest BCUT2D eigenvalue weighted by Crippen LogP contribution is -2.35. The fraction of sp³-hybridized carbons (Fsp3) is 0.385. The Morgan fingerprint density at radius 3 is 2.61 bits per heavy atom. The van der Waals surface area contributed by atoms with Crippen molar-refractivity contribution >= 4 is 33.7 Å². The van der Waals surface area contributed by atoms with Gasteiger partial charge in [0, 0.05) is 17.5 Å². The predicted octanol–water partition coefficient (Wildman–Crippen LogP) is 3.85. The Balaban J connectivity index is 1.35. The zero-order chi connectivity index (χ0) is 25.1. The highest BCUT2D eigenvalue weighted by Gasteiger charge is 2.14. The number of aromatic amines is 1. The lowest BCUT2D eigenvalue weighted by atomic mass is 10.0. The van der Waals surface area contributed by atoms with E-state index in [1.807, 2.05) is 19.1 Å². The fourth-order valence-electron chi connectivity index (χ4n) is 4.53. The Morgan fingerprint density at radius 1 is 1.00 bits per heavy atom. The van der Waals surface area contributed by atoms with Crippen molar-refractivity contribution in [3.63, 3.8) is 0 Å². The fourth-order valence-corrected chi connectivity index (χ4v) is 4.53. The van der Waals surface area contributed by atoms with Crippen molar-refractivity contribution in [2.75, 3.05) is 32.7 Å². The van der Waals surface area contributed by atoms with Crippen LogP contribution in [0.2, 0.25) is 0 Å². The van der Waals surface area contributed by atoms with Gasteiger partial charge >= 0.3 is 0 Å². The third kappa shape index (κ3) is 5.03. The third-order valence-electron chi connectivity index (χ3n) is 6.45. The molecule has 0 saturated carbocycles. The van der Waals surface area contributed by atoms with Crippen LogP contribution in [0.15, 0.2) is 35.1 Å². The van der Waals surface area contributed by atoms with Crippen LogP contribution >= 0.6 is 0 Å². The molecule has 1 atom stereocenters. The standard InChI is InChI=1S/C26H30N6O4/c1-15-18-13-22(34-2)23(35-3)14-21(18)30-25(28-15)32-26-29-20-8-7-17(12-19(20)24(33)31-26)36-11-9-16-6-4-5-10-27-16/h7-8,12-14,16,27H,4-6,9-11H2,1-3H3,(H2,28,29,30,31,32,33). The van der Waals surface area contributed by atoms with E-state index in [1.54, 1.807) is 32.4 Å². The van der Waals surface area contributed by atoms with Crippen LogP contribution in [0.4, 0.5) is 11.9 Å². The van der Waals surface area contributed by atoms with Gasteiger partial charge in [-0.25, -0.2) is 15.0 Å². The second kappa shape index (κ2) is 10.4. The number of anilines is 2. The number of aromatic nitrogens is 4. The van der Waals surface area contributed by atoms with Crippen LogP contribution in [0.25, 0.3) is 21.8 Å². The summed E-state index contributed by atoms with van der Waals surface area (Å²) in [6, 6.07) is 9.49. The molecule has 2 aromatic carbocycles. The molecule has 2 aromatic heterocycles. The maximum atomic E-state index is 12.8. The molecule has 1 saturated heterocycles. The first-order valence-corrected chi connectivity index (χ1v) is 12.1. The first-order chi connectivity index (χ1) is 17.5. The van der Waals surface area contributed by atoms with Gasteiger partial charge in [-0.15, -0.1) is 0 Å². The van der Waals surface area contributed by atoms with Gasteiger partial charge < -0.3 is 19.5 Å². The summed E-state index contributed by atoms with van der Waals surface area (Å²) in [7, 11) is 3.16. The first kappa shape index (κ1) is 23.8. The van der Waals surface area contributed by atoms with Crippen molar-refractivity contribution in [3.05, 3.63) is 46.4 Å². The summed E-state index contributed by atoms with van der Waals surface area (Å²) < 4.78 is 16.7. The van der Waals surface area contributed by atoms with Crippen LogP contribution in [0.1, 0.15) is 31.4 Å². The molecule has 4 aromatic rings. The smallest absolute Gasteiger partial charge is 0.260 e. The van der Waals surface area contributed by atoms with Gasteiger partial charge in [-0.3, -0.25) is 15.1 Å². The zero-order valence-electron chi connectivity index (χ0n) is 20.7. The minimum absolute atomic E-state index is 0.253. The number of piperidine rings is 1. The molecule has 5 rings (SSSR count). The van der Waals surface area contributed by atoms with E-state index in [1.165, 1.54) is 19.3 Å². The molecule has 0 bridgehead atoms. The average Bonchev–Trinajstić information content (AvgIpc) is 2.89. The molecule has 3 N–H and O–H groups in total. The van der Waals surface area contributed by atoms with Gasteiger partial charge in [0.1, 0.15) is 5.75 Å². The molecule has 0 aliphatic carbocycles. The van der Waals surface area contributed by atoms with Crippen molar-refractivity contribution in [1.82, 2.24) is 25.3 Å². The maximum Gasteiger partial charge on any atom is 0.260 e. The summed E-state index contributed by atoms with van der Waals surface area (Å²) in [5.74, 6) is 2.39. The van der Waals surface area contributed by atoms with Gasteiger partial charge in [0.05, 0.1) is 42.9 Å². The molecule has 1 aliphatic rings. The topological polar surface area (TPSA) is 123 Å². The number of fused-ring (bicyclic) bond motifs is 2. The number of nitrogens with one attached hydrogen (secondary N) is 3. The number of H-pyrrole nitrogens is 1. The van der Waals surface area contributed by atoms with E-state index in [0.29, 0.717) is 52.3 Å². The Hall–Kier alpha value is -3.92. The van der Waals surface area contributed by atoms with Crippen molar-refractivity contribution < 1.29 is 14.2 Å². The predicted molar refractivity (Wildman–Crippen MR) is 139 cm³/mol. The molecule has 1 aliphatic heterocycles. The van der Waals surface area contributed by atoms with Crippen LogP contribution in [0, 0.1) is 6.92 Å². The molecule has 0 amide bonds. The molecule has 10 nitrogen and oxygen atoms in total. The zero-order valence-corrected chi connectivity index (χ0v) is 20.7. The molecular formula is C26H30N6O4. The van der Waals surface area contributed by atoms with E-state index in [9.17, 15) is 4.79 Å². The SMILES string of the molecule is COc1cc2nc(Nc3nc4ccc(OCCC5CCCCN5)cc4c(=O)[nH]3)nc(C)c2cc1OC. The molecule has 0 radical (unpaired) electrons. The summed E-state index contributed by atoms with van der Waals surface area (Å²) in [5.41, 5.74) is 1.70. The Labute approximate surface area is 208 Å². The number of benzene rings is 2. The van der Waals surface area contributed by atoms with Crippen LogP contribution in [-0.2, 0) is 0 Å². The van der Waals surface area contributed by atoms with Crippen LogP contribution in [0.3, 0.4) is 0 Å². The number of rotatable bonds is 8. The minimum Gasteiger partial charge on any atom is -0.494 e. The third-order valence-corrected chi connectivity index (χ3v) is 6.45. The summed E-state index contributed by atoms with van der Waals surface area (Å²) in [5, 5.41) is 7.84. The highest BCUT2D eigenvalue weighted by molar-refractivity contribution is 5.86. The van der Waals surface area contributed by atoms with Crippen LogP contribution in [-0.4, -0.2) is 53.3 Å². The van der Waals surface area contributed by atoms with Crippen LogP contribution < -0.4 is 30.4 Å². The van der Waals surface area contributed by atoms with Gasteiger partial charge in [-0.05, 0) is 57.0 Å². The van der Waals surface area contributed by atoms with Crippen molar-refractivity contribution in [2.24, 2.45) is 0 Å². The first-order valence-electron chi connectivity index (χ1n) is 12.1. The molecule has 10 heteroatoms. The summed E-state index contributed by atoms with van der Waals surface area (Å²) in [6.45, 7) is 3.55. The van der Waals surface area contributed by atoms with Crippen molar-refractivity contribution in [2.45, 2.75) is 38.6 Å². The Morgan fingerprint density at radius 2 is 1.83 bits per heavy atom. The Bertz CT molecular complexity index is 1450. The molecule has 36 heavy (non-hydrogen) atoms. The molecular weight excluding hydrogens is 460 g/mol. The number of hydrogen-bond donors (Lipinski definition) is 3. The average molecular weight is 491 g/mol. The van der Waals surface area contributed by atoms with E-state index >= 15 is 0 Å². The highest BCUT2D eigenvalue weighted by Crippen LogP contribution is 2.33. The molecule has 188 valence electrons. The lowest BCUT2D eigenvalue weighted by molar-refractivity contribution is 0.268. The van der Waals surface area contributed by atoms with E-state index in [-0.39, 0.29) is 11.5 Å². The van der Waals surface area contributed by atoms with Crippen molar-refractivity contribution in [1.29, 1.82) is 0 Å². The minimum atomic E-state index is -0.272. The second-order valence-corrected chi connectivity index (χ2v) is 8.86. The molecule has 0 spiro atoms. The number of aryl methyl sites for hydroxylation is 1. The summed E-state index contributed by atoms with van der Waals surface area (Å²) >= 11 is 0. The van der Waals surface area contributed by atoms with E-state index in [2.05, 4.69) is 30.6 Å². The van der Waals surface area contributed by atoms with Gasteiger partial charge in [0.25, 0.3) is 5.56 Å². The maximum absolute atomic E-state index is 12.8. The quantitative estimate of drug-likeness (QED) is 0.338. The molecule has 1 fully saturated rings. The Kier molecular flexibility index (Phi) is 6.86. The van der Waals surface area contributed by atoms with E-state index in [4.69, 9.17) is 14.2 Å². The van der Waals surface area contributed by atoms with Crippen LogP contribution in [0.5, 0.6) is 17.2 Å². The lowest BCUT2D eigenvalue weighted by Gasteiger charge is -2.23. The summed E-state index contributed by atoms with van der Waals surface area (Å²) in [4.78, 5) is 29.2. The second-order valence-electron chi connectivity index (χ2n) is 8.86. The van der Waals surface area contributed by atoms with Gasteiger partial charge in [-0.2, -0.15) is 0 Å². The van der Waals surface area contributed by atoms with E-state index in [0.717, 1.165) is 24.0 Å². The number of ether oxygens (including phenoxy) is 3. The van der Waals surface area contributed by atoms with Gasteiger partial charge in [-0.1, -0.05) is 6.42 Å². The number of methoxy groups -OCH3 is 2. The molecule has 1 unspecified atom stereocenters. The number of hydrogen-bond acceptors (Lipinski definition) is 9. The van der Waals surface area contributed by atoms with Crippen molar-refractivity contribution in [3.8, 4) is 17.2 Å². The van der Waals surface area contributed by atoms with Gasteiger partial charge in [0.15, 0.2) is 11.5 Å². The largest absolute Gasteiger partial charge is 0.494 e. The number of nitrogens with zero attached hydrogens (tertiary/aromatic N) is 3. The highest BCUT2D eigenvalue weighted by atomic mass is 16.5. The normalized spacial score (nSPS) is 15.7. The summed E-state index contributed by atoms with van der Waals surface area (Å²) in [6.07, 6.45) is 4.63.